The molecule has 0 unspecified atom stereocenters. The number of nitrogens with one attached hydrogen (secondary N) is 1. The number of hydrogen-bond donors (Lipinski definition) is 1. The summed E-state index contributed by atoms with van der Waals surface area (Å²) in [6.07, 6.45) is 0. The van der Waals surface area contributed by atoms with Crippen LogP contribution in [0.1, 0.15) is 22.4 Å². The van der Waals surface area contributed by atoms with Crippen LogP contribution in [0, 0.1) is 6.92 Å². The van der Waals surface area contributed by atoms with Crippen LogP contribution in [-0.4, -0.2) is 64.8 Å². The van der Waals surface area contributed by atoms with E-state index in [1.807, 2.05) is 17.2 Å². The van der Waals surface area contributed by atoms with Crippen LogP contribution in [-0.2, 0) is 4.79 Å². The number of likely N-dealkylation sites (N-methyl/N-ethyl adjacent to an activating group) is 1. The molecule has 0 aliphatic carbocycles. The fraction of sp³-hybridized carbons (Fsp3) is 0.467. The minimum absolute atomic E-state index is 0.0106. The molecule has 0 bridgehead atoms. The number of aryl methyl sites for hydroxylation is 1. The molecule has 0 saturated carbocycles. The maximum absolute atomic E-state index is 12.6. The van der Waals surface area contributed by atoms with E-state index in [1.54, 1.807) is 0 Å². The largest absolute Gasteiger partial charge is 0.334 e. The normalized spacial score (nSPS) is 15.5. The van der Waals surface area contributed by atoms with E-state index in [9.17, 15) is 9.59 Å². The summed E-state index contributed by atoms with van der Waals surface area (Å²) in [5.74, 6) is -0.164. The average Bonchev–Trinajstić information content (AvgIpc) is 3.13. The molecular weight excluding hydrogens is 346 g/mol. The molecule has 1 aliphatic rings. The zero-order valence-electron chi connectivity index (χ0n) is 13.8. The van der Waals surface area contributed by atoms with Gasteiger partial charge in [-0.05, 0) is 14.0 Å². The summed E-state index contributed by atoms with van der Waals surface area (Å²) in [7, 11) is 2.06. The topological polar surface area (TPSA) is 78.4 Å². The van der Waals surface area contributed by atoms with Gasteiger partial charge in [0.15, 0.2) is 10.1 Å². The SMILES string of the molecule is CC(=O)Nc1nc(C)c(-c2csc(C(=O)N3CCN(C)CC3)n2)s1. The summed E-state index contributed by atoms with van der Waals surface area (Å²) in [6.45, 7) is 6.56. The van der Waals surface area contributed by atoms with Gasteiger partial charge in [-0.25, -0.2) is 9.97 Å². The molecule has 9 heteroatoms. The van der Waals surface area contributed by atoms with Gasteiger partial charge >= 0.3 is 0 Å². The Labute approximate surface area is 148 Å². The number of anilines is 1. The molecule has 0 spiro atoms. The van der Waals surface area contributed by atoms with Gasteiger partial charge in [0.2, 0.25) is 5.91 Å². The zero-order chi connectivity index (χ0) is 17.3. The van der Waals surface area contributed by atoms with Crippen LogP contribution in [0.2, 0.25) is 0 Å². The number of amides is 2. The van der Waals surface area contributed by atoms with Gasteiger partial charge in [0, 0.05) is 38.5 Å². The van der Waals surface area contributed by atoms with Crippen molar-refractivity contribution in [2.24, 2.45) is 0 Å². The van der Waals surface area contributed by atoms with E-state index in [0.717, 1.165) is 42.4 Å². The van der Waals surface area contributed by atoms with E-state index in [2.05, 4.69) is 27.2 Å². The van der Waals surface area contributed by atoms with Crippen molar-refractivity contribution >= 4 is 39.6 Å². The Morgan fingerprint density at radius 1 is 1.21 bits per heavy atom. The number of aromatic nitrogens is 2. The van der Waals surface area contributed by atoms with Crippen molar-refractivity contribution in [2.75, 3.05) is 38.5 Å². The second kappa shape index (κ2) is 6.96. The molecule has 0 radical (unpaired) electrons. The molecule has 3 heterocycles. The Bertz CT molecular complexity index is 762. The van der Waals surface area contributed by atoms with Crippen molar-refractivity contribution in [3.63, 3.8) is 0 Å². The molecule has 1 fully saturated rings. The first-order chi connectivity index (χ1) is 11.4. The van der Waals surface area contributed by atoms with Gasteiger partial charge in [-0.15, -0.1) is 11.3 Å². The van der Waals surface area contributed by atoms with Crippen molar-refractivity contribution in [1.29, 1.82) is 0 Å². The highest BCUT2D eigenvalue weighted by Crippen LogP contribution is 2.33. The van der Waals surface area contributed by atoms with Gasteiger partial charge in [-0.1, -0.05) is 11.3 Å². The molecule has 0 aromatic carbocycles. The monoisotopic (exact) mass is 365 g/mol. The maximum atomic E-state index is 12.6. The molecule has 24 heavy (non-hydrogen) atoms. The lowest BCUT2D eigenvalue weighted by atomic mass is 10.3. The molecular formula is C15H19N5O2S2. The molecule has 2 aromatic rings. The quantitative estimate of drug-likeness (QED) is 0.899. The number of carbonyl (C=O) groups is 2. The van der Waals surface area contributed by atoms with E-state index < -0.39 is 0 Å². The van der Waals surface area contributed by atoms with Crippen LogP contribution < -0.4 is 5.32 Å². The smallest absolute Gasteiger partial charge is 0.282 e. The van der Waals surface area contributed by atoms with Crippen molar-refractivity contribution in [2.45, 2.75) is 13.8 Å². The Kier molecular flexibility index (Phi) is 4.93. The molecule has 2 aromatic heterocycles. The highest BCUT2D eigenvalue weighted by atomic mass is 32.1. The van der Waals surface area contributed by atoms with Gasteiger partial charge in [-0.2, -0.15) is 0 Å². The standard InChI is InChI=1S/C15H19N5O2S2/c1-9-12(24-15(16-9)17-10(2)21)11-8-23-13(18-11)14(22)20-6-4-19(3)5-7-20/h8H,4-7H2,1-3H3,(H,16,17,21). The van der Waals surface area contributed by atoms with Gasteiger partial charge < -0.3 is 15.1 Å². The van der Waals surface area contributed by atoms with E-state index >= 15 is 0 Å². The highest BCUT2D eigenvalue weighted by Gasteiger charge is 2.23. The lowest BCUT2D eigenvalue weighted by molar-refractivity contribution is -0.114. The fourth-order valence-electron chi connectivity index (χ4n) is 2.46. The molecule has 1 N–H and O–H groups in total. The number of carbonyl (C=O) groups excluding carboxylic acids is 2. The lowest BCUT2D eigenvalue weighted by Crippen LogP contribution is -2.47. The lowest BCUT2D eigenvalue weighted by Gasteiger charge is -2.31. The predicted octanol–water partition coefficient (Wildman–Crippen LogP) is 1.92. The third-order valence-corrected chi connectivity index (χ3v) is 5.72. The van der Waals surface area contributed by atoms with Gasteiger partial charge in [-0.3, -0.25) is 9.59 Å². The van der Waals surface area contributed by atoms with E-state index in [0.29, 0.717) is 10.1 Å². The van der Waals surface area contributed by atoms with E-state index in [1.165, 1.54) is 29.6 Å². The summed E-state index contributed by atoms with van der Waals surface area (Å²) in [5.41, 5.74) is 1.54. The Balaban J connectivity index is 1.77. The van der Waals surface area contributed by atoms with Crippen LogP contribution in [0.15, 0.2) is 5.38 Å². The van der Waals surface area contributed by atoms with E-state index in [4.69, 9.17) is 0 Å². The molecule has 0 atom stereocenters. The molecule has 3 rings (SSSR count). The highest BCUT2D eigenvalue weighted by molar-refractivity contribution is 7.19. The van der Waals surface area contributed by atoms with E-state index in [-0.39, 0.29) is 11.8 Å². The van der Waals surface area contributed by atoms with Crippen LogP contribution in [0.25, 0.3) is 10.6 Å². The number of nitrogens with zero attached hydrogens (tertiary/aromatic N) is 4. The summed E-state index contributed by atoms with van der Waals surface area (Å²) in [5, 5.41) is 5.62. The summed E-state index contributed by atoms with van der Waals surface area (Å²) in [4.78, 5) is 37.5. The number of piperazine rings is 1. The molecule has 1 aliphatic heterocycles. The first-order valence-corrected chi connectivity index (χ1v) is 9.32. The summed E-state index contributed by atoms with van der Waals surface area (Å²) in [6, 6.07) is 0. The zero-order valence-corrected chi connectivity index (χ0v) is 15.5. The third kappa shape index (κ3) is 3.63. The maximum Gasteiger partial charge on any atom is 0.282 e. The second-order valence-corrected chi connectivity index (χ2v) is 7.61. The van der Waals surface area contributed by atoms with Crippen molar-refractivity contribution in [3.05, 3.63) is 16.1 Å². The van der Waals surface area contributed by atoms with Crippen molar-refractivity contribution in [3.8, 4) is 10.6 Å². The Morgan fingerprint density at radius 2 is 1.92 bits per heavy atom. The average molecular weight is 365 g/mol. The van der Waals surface area contributed by atoms with Gasteiger partial charge in [0.1, 0.15) is 0 Å². The second-order valence-electron chi connectivity index (χ2n) is 5.75. The third-order valence-electron chi connectivity index (χ3n) is 3.79. The number of hydrogen-bond acceptors (Lipinski definition) is 7. The summed E-state index contributed by atoms with van der Waals surface area (Å²) < 4.78 is 0. The Hall–Kier alpha value is -1.84. The molecule has 128 valence electrons. The number of rotatable bonds is 3. The molecule has 2 amide bonds. The van der Waals surface area contributed by atoms with Crippen LogP contribution >= 0.6 is 22.7 Å². The Morgan fingerprint density at radius 3 is 2.58 bits per heavy atom. The molecule has 7 nitrogen and oxygen atoms in total. The fourth-order valence-corrected chi connectivity index (χ4v) is 4.28. The van der Waals surface area contributed by atoms with Crippen LogP contribution in [0.3, 0.4) is 0 Å². The van der Waals surface area contributed by atoms with Crippen LogP contribution in [0.4, 0.5) is 5.13 Å². The minimum atomic E-state index is -0.153. The van der Waals surface area contributed by atoms with Gasteiger partial charge in [0.25, 0.3) is 5.91 Å². The minimum Gasteiger partial charge on any atom is -0.334 e. The first kappa shape index (κ1) is 17.0. The molecule has 1 saturated heterocycles. The predicted molar refractivity (Wildman–Crippen MR) is 95.7 cm³/mol. The van der Waals surface area contributed by atoms with Gasteiger partial charge in [0.05, 0.1) is 16.3 Å². The number of thiazole rings is 2. The summed E-state index contributed by atoms with van der Waals surface area (Å²) >= 11 is 2.73. The van der Waals surface area contributed by atoms with Crippen LogP contribution in [0.5, 0.6) is 0 Å². The van der Waals surface area contributed by atoms with Crippen molar-refractivity contribution < 1.29 is 9.59 Å². The first-order valence-electron chi connectivity index (χ1n) is 7.63. The van der Waals surface area contributed by atoms with Crippen molar-refractivity contribution in [1.82, 2.24) is 19.8 Å².